The van der Waals surface area contributed by atoms with Crippen LogP contribution < -0.4 is 9.80 Å². The van der Waals surface area contributed by atoms with Crippen LogP contribution in [-0.4, -0.2) is 0 Å². The summed E-state index contributed by atoms with van der Waals surface area (Å²) in [6.07, 6.45) is 1.04. The van der Waals surface area contributed by atoms with Crippen molar-refractivity contribution in [3.05, 3.63) is 145 Å². The molecule has 0 atom stereocenters. The summed E-state index contributed by atoms with van der Waals surface area (Å²) in [7, 11) is 0. The van der Waals surface area contributed by atoms with Crippen LogP contribution in [-0.2, 0) is 6.42 Å². The van der Waals surface area contributed by atoms with Crippen LogP contribution in [0.15, 0.2) is 133 Å². The smallest absolute Gasteiger partial charge is 0.0463 e. The molecule has 5 aromatic rings. The summed E-state index contributed by atoms with van der Waals surface area (Å²) < 4.78 is 0. The Bertz CT molecular complexity index is 1340. The van der Waals surface area contributed by atoms with Crippen LogP contribution in [0.5, 0.6) is 0 Å². The molecule has 0 heterocycles. The van der Waals surface area contributed by atoms with Gasteiger partial charge < -0.3 is 9.80 Å². The first-order valence-corrected chi connectivity index (χ1v) is 14.2. The number of para-hydroxylation sites is 2. The third-order valence-corrected chi connectivity index (χ3v) is 6.29. The van der Waals surface area contributed by atoms with Crippen molar-refractivity contribution >= 4 is 34.1 Å². The maximum Gasteiger partial charge on any atom is 0.0463 e. The molecule has 0 aromatic heterocycles. The molecule has 0 fully saturated rings. The van der Waals surface area contributed by atoms with E-state index in [0.29, 0.717) is 0 Å². The minimum absolute atomic E-state index is 1.04. The molecule has 5 aromatic carbocycles. The number of benzene rings is 5. The average Bonchev–Trinajstić information content (AvgIpc) is 3.03. The van der Waals surface area contributed by atoms with Crippen molar-refractivity contribution < 1.29 is 0 Å². The lowest BCUT2D eigenvalue weighted by Gasteiger charge is -2.28. The van der Waals surface area contributed by atoms with Crippen molar-refractivity contribution in [1.29, 1.82) is 0 Å². The standard InChI is InChI=1S/C33H30N2.2C2H6/c1-3-27-16-20-31(21-17-27)35(29-12-8-5-9-13-29)33-24-22-32(23-25-33)34(28-10-6-4-7-11-28)30-18-14-26(2)15-19-30;2*1-2/h4-25H,3H2,1-2H3;2*1-2H3. The van der Waals surface area contributed by atoms with E-state index in [2.05, 4.69) is 157 Å². The first-order chi connectivity index (χ1) is 19.2. The Morgan fingerprint density at radius 3 is 1.00 bits per heavy atom. The van der Waals surface area contributed by atoms with Crippen molar-refractivity contribution in [2.45, 2.75) is 48.0 Å². The molecule has 0 aliphatic carbocycles. The second kappa shape index (κ2) is 15.2. The fraction of sp³-hybridized carbons (Fsp3) is 0.189. The number of aryl methyl sites for hydroxylation is 2. The minimum atomic E-state index is 1.04. The fourth-order valence-corrected chi connectivity index (χ4v) is 4.37. The maximum absolute atomic E-state index is 2.31. The Labute approximate surface area is 236 Å². The van der Waals surface area contributed by atoms with Gasteiger partial charge in [-0.05, 0) is 91.7 Å². The Kier molecular flexibility index (Phi) is 11.4. The van der Waals surface area contributed by atoms with Gasteiger partial charge >= 0.3 is 0 Å². The summed E-state index contributed by atoms with van der Waals surface area (Å²) in [6, 6.07) is 47.5. The summed E-state index contributed by atoms with van der Waals surface area (Å²) in [6.45, 7) is 12.3. The van der Waals surface area contributed by atoms with Gasteiger partial charge in [0.05, 0.1) is 0 Å². The highest BCUT2D eigenvalue weighted by Crippen LogP contribution is 2.38. The molecular weight excluding hydrogens is 472 g/mol. The zero-order chi connectivity index (χ0) is 28.0. The van der Waals surface area contributed by atoms with Gasteiger partial charge in [-0.2, -0.15) is 0 Å². The van der Waals surface area contributed by atoms with E-state index in [9.17, 15) is 0 Å². The topological polar surface area (TPSA) is 6.48 Å². The number of nitrogens with zero attached hydrogens (tertiary/aromatic N) is 2. The zero-order valence-corrected chi connectivity index (χ0v) is 24.3. The highest BCUT2D eigenvalue weighted by molar-refractivity contribution is 5.81. The van der Waals surface area contributed by atoms with Crippen molar-refractivity contribution in [2.24, 2.45) is 0 Å². The highest BCUT2D eigenvalue weighted by Gasteiger charge is 2.15. The molecular formula is C37H42N2. The van der Waals surface area contributed by atoms with E-state index < -0.39 is 0 Å². The van der Waals surface area contributed by atoms with Gasteiger partial charge in [-0.15, -0.1) is 0 Å². The quantitative estimate of drug-likeness (QED) is 0.213. The van der Waals surface area contributed by atoms with Gasteiger partial charge in [0.2, 0.25) is 0 Å². The van der Waals surface area contributed by atoms with Crippen LogP contribution in [0.25, 0.3) is 0 Å². The van der Waals surface area contributed by atoms with E-state index in [-0.39, 0.29) is 0 Å². The predicted octanol–water partition coefficient (Wildman–Crippen LogP) is 11.5. The van der Waals surface area contributed by atoms with E-state index in [0.717, 1.165) is 40.5 Å². The molecule has 0 aliphatic rings. The van der Waals surface area contributed by atoms with Gasteiger partial charge in [-0.25, -0.2) is 0 Å². The molecule has 0 radical (unpaired) electrons. The lowest BCUT2D eigenvalue weighted by molar-refractivity contribution is 1.14. The molecule has 0 unspecified atom stereocenters. The third kappa shape index (κ3) is 7.39. The van der Waals surface area contributed by atoms with Gasteiger partial charge in [0.15, 0.2) is 0 Å². The van der Waals surface area contributed by atoms with Crippen LogP contribution in [0.3, 0.4) is 0 Å². The second-order valence-corrected chi connectivity index (χ2v) is 8.71. The van der Waals surface area contributed by atoms with Crippen LogP contribution in [0.4, 0.5) is 34.1 Å². The molecule has 2 heteroatoms. The zero-order valence-electron chi connectivity index (χ0n) is 24.3. The maximum atomic E-state index is 2.31. The molecule has 0 spiro atoms. The van der Waals surface area contributed by atoms with Gasteiger partial charge in [0.1, 0.15) is 0 Å². The SMILES string of the molecule is CC.CC.CCc1ccc(N(c2ccccc2)c2ccc(N(c3ccccc3)c3ccc(C)cc3)cc2)cc1. The Balaban J connectivity index is 0.00000100. The average molecular weight is 515 g/mol. The van der Waals surface area contributed by atoms with Crippen LogP contribution >= 0.6 is 0 Å². The summed E-state index contributed by atoms with van der Waals surface area (Å²) >= 11 is 0. The van der Waals surface area contributed by atoms with E-state index >= 15 is 0 Å². The molecule has 200 valence electrons. The number of hydrogen-bond donors (Lipinski definition) is 0. The molecule has 0 aliphatic heterocycles. The first kappa shape index (κ1) is 29.3. The second-order valence-electron chi connectivity index (χ2n) is 8.71. The fourth-order valence-electron chi connectivity index (χ4n) is 4.37. The minimum Gasteiger partial charge on any atom is -0.311 e. The molecule has 0 N–H and O–H groups in total. The van der Waals surface area contributed by atoms with E-state index in [1.807, 2.05) is 27.7 Å². The first-order valence-electron chi connectivity index (χ1n) is 14.2. The van der Waals surface area contributed by atoms with Crippen LogP contribution in [0, 0.1) is 6.92 Å². The van der Waals surface area contributed by atoms with Crippen LogP contribution in [0.2, 0.25) is 0 Å². The van der Waals surface area contributed by atoms with E-state index in [1.165, 1.54) is 11.1 Å². The third-order valence-electron chi connectivity index (χ3n) is 6.29. The van der Waals surface area contributed by atoms with Crippen molar-refractivity contribution in [3.63, 3.8) is 0 Å². The Morgan fingerprint density at radius 1 is 0.385 bits per heavy atom. The summed E-state index contributed by atoms with van der Waals surface area (Å²) in [5.41, 5.74) is 9.42. The van der Waals surface area contributed by atoms with Crippen LogP contribution in [0.1, 0.15) is 45.7 Å². The van der Waals surface area contributed by atoms with Crippen molar-refractivity contribution in [2.75, 3.05) is 9.80 Å². The van der Waals surface area contributed by atoms with Crippen molar-refractivity contribution in [1.82, 2.24) is 0 Å². The summed E-state index contributed by atoms with van der Waals surface area (Å²) in [4.78, 5) is 4.61. The molecule has 5 rings (SSSR count). The molecule has 0 bridgehead atoms. The monoisotopic (exact) mass is 514 g/mol. The van der Waals surface area contributed by atoms with Crippen molar-refractivity contribution in [3.8, 4) is 0 Å². The highest BCUT2D eigenvalue weighted by atomic mass is 15.2. The number of hydrogen-bond acceptors (Lipinski definition) is 2. The predicted molar refractivity (Wildman–Crippen MR) is 173 cm³/mol. The van der Waals surface area contributed by atoms with Gasteiger partial charge in [0.25, 0.3) is 0 Å². The lowest BCUT2D eigenvalue weighted by atomic mass is 10.1. The largest absolute Gasteiger partial charge is 0.311 e. The Morgan fingerprint density at radius 2 is 0.667 bits per heavy atom. The molecule has 0 saturated carbocycles. The molecule has 0 amide bonds. The molecule has 0 saturated heterocycles. The van der Waals surface area contributed by atoms with Gasteiger partial charge in [-0.3, -0.25) is 0 Å². The van der Waals surface area contributed by atoms with E-state index in [1.54, 1.807) is 0 Å². The van der Waals surface area contributed by atoms with E-state index in [4.69, 9.17) is 0 Å². The normalized spacial score (nSPS) is 9.90. The summed E-state index contributed by atoms with van der Waals surface area (Å²) in [5, 5.41) is 0. The number of anilines is 6. The molecule has 39 heavy (non-hydrogen) atoms. The lowest BCUT2D eigenvalue weighted by Crippen LogP contribution is -2.12. The summed E-state index contributed by atoms with van der Waals surface area (Å²) in [5.74, 6) is 0. The molecule has 2 nitrogen and oxygen atoms in total. The van der Waals surface area contributed by atoms with Gasteiger partial charge in [-0.1, -0.05) is 101 Å². The number of rotatable bonds is 7. The Hall–Kier alpha value is -4.30. The van der Waals surface area contributed by atoms with Gasteiger partial charge in [0, 0.05) is 34.1 Å².